The first kappa shape index (κ1) is 9.21. The van der Waals surface area contributed by atoms with Crippen molar-refractivity contribution in [2.75, 3.05) is 6.61 Å². The van der Waals surface area contributed by atoms with Gasteiger partial charge in [-0.2, -0.15) is 4.21 Å². The van der Waals surface area contributed by atoms with E-state index < -0.39 is 11.4 Å². The average molecular weight is 160 g/mol. The van der Waals surface area contributed by atoms with E-state index in [9.17, 15) is 4.21 Å². The maximum absolute atomic E-state index is 10.4. The quantitative estimate of drug-likeness (QED) is 0.338. The maximum atomic E-state index is 10.4. The molecule has 0 saturated heterocycles. The van der Waals surface area contributed by atoms with E-state index in [1.807, 2.05) is 0 Å². The third-order valence-electron chi connectivity index (χ3n) is 0.573. The highest BCUT2D eigenvalue weighted by molar-refractivity contribution is 7.75. The van der Waals surface area contributed by atoms with Crippen molar-refractivity contribution in [2.24, 2.45) is 0 Å². The Morgan fingerprint density at radius 1 is 1.80 bits per heavy atom. The molecular formula is C6H8O3S. The SMILES string of the molecule is C#CCCOS(=O)OC=C. The Morgan fingerprint density at radius 2 is 2.50 bits per heavy atom. The summed E-state index contributed by atoms with van der Waals surface area (Å²) in [5.41, 5.74) is 0. The van der Waals surface area contributed by atoms with E-state index in [0.29, 0.717) is 6.42 Å². The van der Waals surface area contributed by atoms with Gasteiger partial charge in [-0.05, 0) is 0 Å². The molecule has 0 heterocycles. The van der Waals surface area contributed by atoms with Gasteiger partial charge >= 0.3 is 11.4 Å². The van der Waals surface area contributed by atoms with Crippen LogP contribution in [0, 0.1) is 12.3 Å². The van der Waals surface area contributed by atoms with Crippen LogP contribution in [0.1, 0.15) is 6.42 Å². The monoisotopic (exact) mass is 160 g/mol. The zero-order valence-electron chi connectivity index (χ0n) is 5.41. The van der Waals surface area contributed by atoms with Crippen molar-refractivity contribution in [3.63, 3.8) is 0 Å². The predicted octanol–water partition coefficient (Wildman–Crippen LogP) is 0.765. The molecule has 0 aliphatic carbocycles. The summed E-state index contributed by atoms with van der Waals surface area (Å²) in [5.74, 6) is 2.32. The third kappa shape index (κ3) is 5.35. The van der Waals surface area contributed by atoms with Crippen molar-refractivity contribution in [1.29, 1.82) is 0 Å². The van der Waals surface area contributed by atoms with Gasteiger partial charge in [0.2, 0.25) is 0 Å². The molecule has 1 atom stereocenters. The van der Waals surface area contributed by atoms with E-state index in [1.165, 1.54) is 0 Å². The molecule has 3 nitrogen and oxygen atoms in total. The van der Waals surface area contributed by atoms with E-state index in [1.54, 1.807) is 0 Å². The lowest BCUT2D eigenvalue weighted by Crippen LogP contribution is -1.98. The molecule has 0 bridgehead atoms. The van der Waals surface area contributed by atoms with Crippen molar-refractivity contribution in [3.8, 4) is 12.3 Å². The summed E-state index contributed by atoms with van der Waals surface area (Å²) in [5, 5.41) is 0. The Bertz CT molecular complexity index is 159. The largest absolute Gasteiger partial charge is 0.389 e. The smallest absolute Gasteiger partial charge is 0.359 e. The van der Waals surface area contributed by atoms with Gasteiger partial charge in [-0.25, -0.2) is 0 Å². The Balaban J connectivity index is 3.23. The molecule has 0 spiro atoms. The van der Waals surface area contributed by atoms with Crippen LogP contribution >= 0.6 is 0 Å². The number of hydrogen-bond acceptors (Lipinski definition) is 3. The molecule has 0 saturated carbocycles. The molecule has 0 amide bonds. The molecule has 0 aromatic carbocycles. The van der Waals surface area contributed by atoms with E-state index in [0.717, 1.165) is 6.26 Å². The summed E-state index contributed by atoms with van der Waals surface area (Å²) in [4.78, 5) is 0. The molecule has 56 valence electrons. The van der Waals surface area contributed by atoms with Gasteiger partial charge in [0.25, 0.3) is 0 Å². The second-order valence-electron chi connectivity index (χ2n) is 1.24. The zero-order valence-corrected chi connectivity index (χ0v) is 6.23. The first-order valence-corrected chi connectivity index (χ1v) is 3.57. The van der Waals surface area contributed by atoms with E-state index >= 15 is 0 Å². The van der Waals surface area contributed by atoms with Crippen LogP contribution in [-0.4, -0.2) is 10.8 Å². The number of rotatable bonds is 5. The van der Waals surface area contributed by atoms with Gasteiger partial charge in [0.1, 0.15) is 0 Å². The standard InChI is InChI=1S/C6H8O3S/c1-3-5-6-9-10(7)8-4-2/h1,4H,2,5-6H2. The topological polar surface area (TPSA) is 35.5 Å². The summed E-state index contributed by atoms with van der Waals surface area (Å²) in [6.07, 6.45) is 6.37. The van der Waals surface area contributed by atoms with Crippen LogP contribution in [-0.2, 0) is 19.7 Å². The van der Waals surface area contributed by atoms with Crippen LogP contribution in [0.2, 0.25) is 0 Å². The first-order chi connectivity index (χ1) is 4.81. The minimum atomic E-state index is -1.74. The van der Waals surface area contributed by atoms with Crippen molar-refractivity contribution in [1.82, 2.24) is 0 Å². The van der Waals surface area contributed by atoms with Crippen LogP contribution in [0.5, 0.6) is 0 Å². The molecule has 0 aliphatic heterocycles. The van der Waals surface area contributed by atoms with Gasteiger partial charge in [0.05, 0.1) is 12.9 Å². The number of hydrogen-bond donors (Lipinski definition) is 0. The second kappa shape index (κ2) is 6.33. The average Bonchev–Trinajstić information content (AvgIpc) is 1.89. The summed E-state index contributed by atoms with van der Waals surface area (Å²) < 4.78 is 19.3. The highest BCUT2D eigenvalue weighted by Gasteiger charge is 1.95. The van der Waals surface area contributed by atoms with Crippen LogP contribution in [0.15, 0.2) is 12.8 Å². The summed E-state index contributed by atoms with van der Waals surface area (Å²) in [6.45, 7) is 3.43. The molecule has 0 aromatic rings. The number of terminal acetylenes is 1. The highest BCUT2D eigenvalue weighted by Crippen LogP contribution is 1.89. The fourth-order valence-corrected chi connectivity index (χ4v) is 0.638. The molecule has 0 fully saturated rings. The molecule has 4 heteroatoms. The van der Waals surface area contributed by atoms with E-state index in [2.05, 4.69) is 20.9 Å². The van der Waals surface area contributed by atoms with Gasteiger partial charge in [-0.1, -0.05) is 6.58 Å². The molecule has 0 rings (SSSR count). The van der Waals surface area contributed by atoms with Crippen LogP contribution < -0.4 is 0 Å². The van der Waals surface area contributed by atoms with E-state index in [4.69, 9.17) is 6.42 Å². The van der Waals surface area contributed by atoms with Gasteiger partial charge < -0.3 is 4.18 Å². The maximum Gasteiger partial charge on any atom is 0.359 e. The summed E-state index contributed by atoms with van der Waals surface area (Å²) in [6, 6.07) is 0. The normalized spacial score (nSPS) is 11.5. The zero-order chi connectivity index (χ0) is 7.82. The van der Waals surface area contributed by atoms with Gasteiger partial charge in [0, 0.05) is 6.42 Å². The molecule has 0 aromatic heterocycles. The fourth-order valence-electron chi connectivity index (χ4n) is 0.252. The molecule has 10 heavy (non-hydrogen) atoms. The molecule has 0 N–H and O–H groups in total. The van der Waals surface area contributed by atoms with E-state index in [-0.39, 0.29) is 6.61 Å². The van der Waals surface area contributed by atoms with Crippen LogP contribution in [0.25, 0.3) is 0 Å². The molecular weight excluding hydrogens is 152 g/mol. The van der Waals surface area contributed by atoms with Crippen LogP contribution in [0.4, 0.5) is 0 Å². The summed E-state index contributed by atoms with van der Waals surface area (Å²) in [7, 11) is 0. The third-order valence-corrected chi connectivity index (χ3v) is 1.22. The predicted molar refractivity (Wildman–Crippen MR) is 38.8 cm³/mol. The molecule has 0 aliphatic rings. The van der Waals surface area contributed by atoms with Gasteiger partial charge in [-0.15, -0.1) is 12.3 Å². The van der Waals surface area contributed by atoms with Crippen molar-refractivity contribution in [2.45, 2.75) is 6.42 Å². The lowest BCUT2D eigenvalue weighted by Gasteiger charge is -1.96. The van der Waals surface area contributed by atoms with Crippen LogP contribution in [0.3, 0.4) is 0 Å². The second-order valence-corrected chi connectivity index (χ2v) is 2.08. The molecule has 0 radical (unpaired) electrons. The van der Waals surface area contributed by atoms with Gasteiger partial charge in [-0.3, -0.25) is 4.18 Å². The van der Waals surface area contributed by atoms with Crippen molar-refractivity contribution in [3.05, 3.63) is 12.8 Å². The summed E-state index contributed by atoms with van der Waals surface area (Å²) >= 11 is -1.74. The Morgan fingerprint density at radius 3 is 3.00 bits per heavy atom. The van der Waals surface area contributed by atoms with Crippen molar-refractivity contribution < 1.29 is 12.6 Å². The van der Waals surface area contributed by atoms with Crippen molar-refractivity contribution >= 4 is 11.4 Å². The Kier molecular flexibility index (Phi) is 5.83. The minimum absolute atomic E-state index is 0.233. The minimum Gasteiger partial charge on any atom is -0.389 e. The van der Waals surface area contributed by atoms with Gasteiger partial charge in [0.15, 0.2) is 0 Å². The fraction of sp³-hybridized carbons (Fsp3) is 0.333. The molecule has 1 unspecified atom stereocenters. The highest BCUT2D eigenvalue weighted by atomic mass is 32.2. The Hall–Kier alpha value is -0.790. The Labute approximate surface area is 62.9 Å². The first-order valence-electron chi connectivity index (χ1n) is 2.57. The lowest BCUT2D eigenvalue weighted by atomic mass is 10.5. The lowest BCUT2D eigenvalue weighted by molar-refractivity contribution is 0.304.